The number of benzene rings is 2. The van der Waals surface area contributed by atoms with Crippen LogP contribution in [0.1, 0.15) is 19.8 Å². The number of anilines is 2. The summed E-state index contributed by atoms with van der Waals surface area (Å²) >= 11 is 0. The number of hydrogen-bond donors (Lipinski definition) is 2. The Morgan fingerprint density at radius 3 is 2.55 bits per heavy atom. The van der Waals surface area contributed by atoms with Crippen LogP contribution in [0.2, 0.25) is 0 Å². The third kappa shape index (κ3) is 5.59. The minimum absolute atomic E-state index is 0.0294. The predicted molar refractivity (Wildman–Crippen MR) is 120 cm³/mol. The SMILES string of the molecule is CCN(CCCS(=O)(=O)O)c1c(N(C)CCC(=O)O)ccc2[o+]c3ccccc3nc12. The van der Waals surface area contributed by atoms with Crippen LogP contribution in [0.5, 0.6) is 0 Å². The van der Waals surface area contributed by atoms with E-state index in [0.29, 0.717) is 41.8 Å². The van der Waals surface area contributed by atoms with Gasteiger partial charge in [0.2, 0.25) is 0 Å². The van der Waals surface area contributed by atoms with Crippen molar-refractivity contribution in [1.82, 2.24) is 4.98 Å². The third-order valence-electron chi connectivity index (χ3n) is 5.01. The summed E-state index contributed by atoms with van der Waals surface area (Å²) in [6.45, 7) is 3.15. The maximum atomic E-state index is 11.2. The van der Waals surface area contributed by atoms with E-state index in [1.807, 2.05) is 47.1 Å². The molecule has 0 radical (unpaired) electrons. The Morgan fingerprint density at radius 2 is 1.87 bits per heavy atom. The monoisotopic (exact) mass is 448 g/mol. The number of nitrogens with zero attached hydrogens (tertiary/aromatic N) is 3. The van der Waals surface area contributed by atoms with Gasteiger partial charge in [-0.25, -0.2) is 9.40 Å². The van der Waals surface area contributed by atoms with Crippen LogP contribution in [0.25, 0.3) is 22.2 Å². The molecule has 0 aliphatic rings. The minimum Gasteiger partial charge on any atom is -0.481 e. The van der Waals surface area contributed by atoms with Crippen LogP contribution >= 0.6 is 0 Å². The van der Waals surface area contributed by atoms with Crippen molar-refractivity contribution in [2.24, 2.45) is 0 Å². The molecule has 2 aromatic carbocycles. The van der Waals surface area contributed by atoms with Crippen LogP contribution in [-0.2, 0) is 14.9 Å². The molecule has 3 rings (SSSR count). The van der Waals surface area contributed by atoms with E-state index in [9.17, 15) is 13.2 Å². The lowest BCUT2D eigenvalue weighted by Crippen LogP contribution is -2.29. The second kappa shape index (κ2) is 9.44. The molecule has 0 atom stereocenters. The molecule has 10 heteroatoms. The molecule has 0 saturated carbocycles. The van der Waals surface area contributed by atoms with Gasteiger partial charge in [-0.3, -0.25) is 9.35 Å². The molecule has 0 aliphatic carbocycles. The highest BCUT2D eigenvalue weighted by atomic mass is 32.2. The van der Waals surface area contributed by atoms with Gasteiger partial charge in [0.25, 0.3) is 10.1 Å². The molecule has 0 amide bonds. The second-order valence-corrected chi connectivity index (χ2v) is 8.82. The summed E-state index contributed by atoms with van der Waals surface area (Å²) in [5, 5.41) is 9.07. The molecule has 0 saturated heterocycles. The van der Waals surface area contributed by atoms with Crippen molar-refractivity contribution >= 4 is 49.7 Å². The highest BCUT2D eigenvalue weighted by molar-refractivity contribution is 7.85. The fourth-order valence-electron chi connectivity index (χ4n) is 3.49. The van der Waals surface area contributed by atoms with Crippen molar-refractivity contribution < 1.29 is 27.3 Å². The van der Waals surface area contributed by atoms with Crippen LogP contribution < -0.4 is 9.80 Å². The number of aromatic nitrogens is 1. The summed E-state index contributed by atoms with van der Waals surface area (Å²) in [5.74, 6) is -1.24. The zero-order chi connectivity index (χ0) is 22.6. The molecule has 0 unspecified atom stereocenters. The molecule has 166 valence electrons. The van der Waals surface area contributed by atoms with Crippen molar-refractivity contribution in [3.63, 3.8) is 0 Å². The summed E-state index contributed by atoms with van der Waals surface area (Å²) in [6.07, 6.45) is 0.199. The fourth-order valence-corrected chi connectivity index (χ4v) is 3.98. The Balaban J connectivity index is 2.12. The van der Waals surface area contributed by atoms with E-state index in [1.54, 1.807) is 13.1 Å². The Hall–Kier alpha value is -2.98. The van der Waals surface area contributed by atoms with Gasteiger partial charge in [-0.05, 0) is 25.5 Å². The van der Waals surface area contributed by atoms with E-state index in [-0.39, 0.29) is 18.6 Å². The number of carbonyl (C=O) groups is 1. The highest BCUT2D eigenvalue weighted by Gasteiger charge is 2.24. The molecule has 9 nitrogen and oxygen atoms in total. The standard InChI is InChI=1S/C21H25N3O6S/c1-3-24(12-6-14-31(27,28)29)21-16(23(2)13-11-19(25)26)9-10-18-20(21)22-15-7-4-5-8-17(15)30-18/h4-5,7-10H,3,6,11-14H2,1-2H3,(H-,25,26,27,28,29)/p+1. The van der Waals surface area contributed by atoms with E-state index in [1.165, 1.54) is 0 Å². The summed E-state index contributed by atoms with van der Waals surface area (Å²) < 4.78 is 37.5. The Labute approximate surface area is 180 Å². The number of hydrogen-bond acceptors (Lipinski definition) is 6. The van der Waals surface area contributed by atoms with Gasteiger partial charge in [0.05, 0.1) is 23.5 Å². The molecular weight excluding hydrogens is 422 g/mol. The first-order chi connectivity index (χ1) is 14.7. The Morgan fingerprint density at radius 1 is 1.13 bits per heavy atom. The maximum Gasteiger partial charge on any atom is 0.381 e. The van der Waals surface area contributed by atoms with Gasteiger partial charge in [0.1, 0.15) is 0 Å². The lowest BCUT2D eigenvalue weighted by atomic mass is 10.1. The zero-order valence-corrected chi connectivity index (χ0v) is 18.3. The molecule has 3 aromatic rings. The molecule has 2 N–H and O–H groups in total. The van der Waals surface area contributed by atoms with Gasteiger partial charge in [-0.1, -0.05) is 12.1 Å². The van der Waals surface area contributed by atoms with E-state index in [4.69, 9.17) is 19.1 Å². The Bertz CT molecular complexity index is 1200. The fraction of sp³-hybridized carbons (Fsp3) is 0.381. The van der Waals surface area contributed by atoms with Crippen molar-refractivity contribution in [3.8, 4) is 0 Å². The first-order valence-corrected chi connectivity index (χ1v) is 11.6. The predicted octanol–water partition coefficient (Wildman–Crippen LogP) is 3.28. The van der Waals surface area contributed by atoms with Crippen molar-refractivity contribution in [2.45, 2.75) is 19.8 Å². The van der Waals surface area contributed by atoms with E-state index >= 15 is 0 Å². The smallest absolute Gasteiger partial charge is 0.381 e. The van der Waals surface area contributed by atoms with Gasteiger partial charge in [-0.15, -0.1) is 0 Å². The van der Waals surface area contributed by atoms with Crippen molar-refractivity contribution in [1.29, 1.82) is 0 Å². The first kappa shape index (κ1) is 22.7. The average molecular weight is 449 g/mol. The van der Waals surface area contributed by atoms with Crippen molar-refractivity contribution in [3.05, 3.63) is 36.4 Å². The molecule has 0 fully saturated rings. The quantitative estimate of drug-likeness (QED) is 0.273. The lowest BCUT2D eigenvalue weighted by Gasteiger charge is -2.29. The minimum atomic E-state index is -4.06. The van der Waals surface area contributed by atoms with Crippen LogP contribution in [0.15, 0.2) is 40.8 Å². The van der Waals surface area contributed by atoms with Gasteiger partial charge in [-0.2, -0.15) is 8.42 Å². The molecule has 0 spiro atoms. The normalized spacial score (nSPS) is 11.7. The number of fused-ring (bicyclic) bond motifs is 2. The number of carboxylic acid groups (broad SMARTS) is 1. The molecule has 1 aromatic heterocycles. The van der Waals surface area contributed by atoms with Gasteiger partial charge in [0, 0.05) is 38.8 Å². The highest BCUT2D eigenvalue weighted by Crippen LogP contribution is 2.37. The van der Waals surface area contributed by atoms with Gasteiger partial charge in [0.15, 0.2) is 11.0 Å². The summed E-state index contributed by atoms with van der Waals surface area (Å²) in [4.78, 5) is 19.7. The summed E-state index contributed by atoms with van der Waals surface area (Å²) in [7, 11) is -2.26. The second-order valence-electron chi connectivity index (χ2n) is 7.25. The average Bonchev–Trinajstić information content (AvgIpc) is 2.72. The maximum absolute atomic E-state index is 11.2. The van der Waals surface area contributed by atoms with E-state index in [0.717, 1.165) is 11.4 Å². The van der Waals surface area contributed by atoms with Gasteiger partial charge < -0.3 is 14.9 Å². The first-order valence-electron chi connectivity index (χ1n) is 9.98. The molecule has 0 bridgehead atoms. The number of aliphatic carboxylic acids is 1. The largest absolute Gasteiger partial charge is 0.481 e. The van der Waals surface area contributed by atoms with Crippen LogP contribution in [0.3, 0.4) is 0 Å². The molecular formula is C21H26N3O6S+. The van der Waals surface area contributed by atoms with Crippen LogP contribution in [0, 0.1) is 0 Å². The third-order valence-corrected chi connectivity index (χ3v) is 5.82. The molecule has 0 aliphatic heterocycles. The van der Waals surface area contributed by atoms with E-state index < -0.39 is 16.1 Å². The lowest BCUT2D eigenvalue weighted by molar-refractivity contribution is -0.136. The number of rotatable bonds is 10. The molecule has 1 heterocycles. The zero-order valence-electron chi connectivity index (χ0n) is 17.5. The van der Waals surface area contributed by atoms with E-state index in [2.05, 4.69) is 0 Å². The molecule has 31 heavy (non-hydrogen) atoms. The number of para-hydroxylation sites is 2. The summed E-state index contributed by atoms with van der Waals surface area (Å²) in [6, 6.07) is 11.1. The van der Waals surface area contributed by atoms with Crippen LogP contribution in [-0.4, -0.2) is 61.5 Å². The van der Waals surface area contributed by atoms with Gasteiger partial charge >= 0.3 is 17.1 Å². The van der Waals surface area contributed by atoms with Crippen LogP contribution in [0.4, 0.5) is 11.4 Å². The Kier molecular flexibility index (Phi) is 6.91. The summed E-state index contributed by atoms with van der Waals surface area (Å²) in [5.41, 5.74) is 3.99. The topological polar surface area (TPSA) is 122 Å². The number of carboxylic acids is 1. The van der Waals surface area contributed by atoms with Crippen molar-refractivity contribution in [2.75, 3.05) is 42.2 Å².